The summed E-state index contributed by atoms with van der Waals surface area (Å²) in [5.74, 6) is 1.50. The molecule has 0 unspecified atom stereocenters. The second kappa shape index (κ2) is 7.04. The number of carbonyl (C=O) groups excluding carboxylic acids is 1. The van der Waals surface area contributed by atoms with Gasteiger partial charge in [-0.25, -0.2) is 0 Å². The Kier molecular flexibility index (Phi) is 4.60. The Hall–Kier alpha value is -2.46. The Balaban J connectivity index is 1.55. The molecule has 1 heterocycles. The average Bonchev–Trinajstić information content (AvgIpc) is 3.27. The van der Waals surface area contributed by atoms with Gasteiger partial charge in [0.25, 0.3) is 0 Å². The summed E-state index contributed by atoms with van der Waals surface area (Å²) in [5, 5.41) is 1.51. The summed E-state index contributed by atoms with van der Waals surface area (Å²) >= 11 is 6.20. The van der Waals surface area contributed by atoms with Crippen LogP contribution in [0.3, 0.4) is 0 Å². The smallest absolute Gasteiger partial charge is 0.248 e. The number of nitrogens with zero attached hydrogens (tertiary/aromatic N) is 1. The van der Waals surface area contributed by atoms with Crippen LogP contribution < -0.4 is 10.5 Å². The lowest BCUT2D eigenvalue weighted by atomic mass is 10.1. The fourth-order valence-electron chi connectivity index (χ4n) is 3.74. The molecule has 1 aromatic heterocycles. The molecular weight excluding hydrogens is 348 g/mol. The SMILES string of the molecule is NC(=O)c1ccc(Oc2ccc3c(ccn3CC3CCCC3)c2)c(Cl)c1. The number of ether oxygens (including phenoxy) is 1. The molecule has 0 atom stereocenters. The zero-order valence-electron chi connectivity index (χ0n) is 14.5. The van der Waals surface area contributed by atoms with Crippen LogP contribution in [0, 0.1) is 5.92 Å². The van der Waals surface area contributed by atoms with Gasteiger partial charge in [0.2, 0.25) is 5.91 Å². The van der Waals surface area contributed by atoms with Gasteiger partial charge in [0, 0.05) is 29.2 Å². The lowest BCUT2D eigenvalue weighted by Gasteiger charge is -2.12. The van der Waals surface area contributed by atoms with Crippen molar-refractivity contribution in [2.45, 2.75) is 32.2 Å². The molecule has 1 fully saturated rings. The normalized spacial score (nSPS) is 14.8. The van der Waals surface area contributed by atoms with Crippen molar-refractivity contribution in [2.24, 2.45) is 11.7 Å². The van der Waals surface area contributed by atoms with Crippen LogP contribution in [0.5, 0.6) is 11.5 Å². The van der Waals surface area contributed by atoms with E-state index in [4.69, 9.17) is 22.1 Å². The first-order chi connectivity index (χ1) is 12.6. The van der Waals surface area contributed by atoms with E-state index in [1.807, 2.05) is 12.1 Å². The van der Waals surface area contributed by atoms with Gasteiger partial charge in [0.15, 0.2) is 0 Å². The lowest BCUT2D eigenvalue weighted by molar-refractivity contribution is 0.100. The largest absolute Gasteiger partial charge is 0.456 e. The number of fused-ring (bicyclic) bond motifs is 1. The summed E-state index contributed by atoms with van der Waals surface area (Å²) < 4.78 is 8.24. The number of primary amides is 1. The molecule has 0 spiro atoms. The molecule has 1 saturated carbocycles. The monoisotopic (exact) mass is 368 g/mol. The van der Waals surface area contributed by atoms with E-state index in [-0.39, 0.29) is 0 Å². The maximum absolute atomic E-state index is 11.2. The van der Waals surface area contributed by atoms with Crippen molar-refractivity contribution in [3.8, 4) is 11.5 Å². The minimum atomic E-state index is -0.511. The highest BCUT2D eigenvalue weighted by molar-refractivity contribution is 6.32. The number of hydrogen-bond donors (Lipinski definition) is 1. The Morgan fingerprint density at radius 1 is 1.15 bits per heavy atom. The predicted octanol–water partition coefficient (Wildman–Crippen LogP) is 5.38. The first-order valence-electron chi connectivity index (χ1n) is 8.96. The van der Waals surface area contributed by atoms with Gasteiger partial charge in [0.05, 0.1) is 5.02 Å². The van der Waals surface area contributed by atoms with Crippen molar-refractivity contribution < 1.29 is 9.53 Å². The van der Waals surface area contributed by atoms with Crippen LogP contribution in [0.2, 0.25) is 5.02 Å². The van der Waals surface area contributed by atoms with Crippen molar-refractivity contribution in [2.75, 3.05) is 0 Å². The van der Waals surface area contributed by atoms with Gasteiger partial charge in [-0.15, -0.1) is 0 Å². The minimum absolute atomic E-state index is 0.361. The van der Waals surface area contributed by atoms with Crippen LogP contribution in [0.25, 0.3) is 10.9 Å². The average molecular weight is 369 g/mol. The molecule has 0 aliphatic heterocycles. The molecule has 1 aliphatic rings. The number of aromatic nitrogens is 1. The summed E-state index contributed by atoms with van der Waals surface area (Å²) in [7, 11) is 0. The number of hydrogen-bond acceptors (Lipinski definition) is 2. The van der Waals surface area contributed by atoms with E-state index in [2.05, 4.69) is 22.9 Å². The van der Waals surface area contributed by atoms with Crippen LogP contribution >= 0.6 is 11.6 Å². The molecule has 2 aromatic carbocycles. The predicted molar refractivity (Wildman–Crippen MR) is 104 cm³/mol. The summed E-state index contributed by atoms with van der Waals surface area (Å²) in [6.07, 6.45) is 7.54. The zero-order chi connectivity index (χ0) is 18.1. The van der Waals surface area contributed by atoms with Crippen molar-refractivity contribution in [1.82, 2.24) is 4.57 Å². The van der Waals surface area contributed by atoms with E-state index in [1.54, 1.807) is 12.1 Å². The van der Waals surface area contributed by atoms with E-state index >= 15 is 0 Å². The Morgan fingerprint density at radius 2 is 1.96 bits per heavy atom. The molecule has 1 aliphatic carbocycles. The molecule has 1 amide bonds. The van der Waals surface area contributed by atoms with Crippen molar-refractivity contribution >= 4 is 28.4 Å². The highest BCUT2D eigenvalue weighted by Gasteiger charge is 2.16. The molecule has 4 nitrogen and oxygen atoms in total. The number of carbonyl (C=O) groups is 1. The molecule has 3 aromatic rings. The molecule has 0 saturated heterocycles. The number of nitrogens with two attached hydrogens (primary N) is 1. The van der Waals surface area contributed by atoms with Gasteiger partial charge < -0.3 is 15.0 Å². The molecule has 0 radical (unpaired) electrons. The lowest BCUT2D eigenvalue weighted by Crippen LogP contribution is -2.10. The van der Waals surface area contributed by atoms with E-state index < -0.39 is 5.91 Å². The molecule has 5 heteroatoms. The first kappa shape index (κ1) is 17.0. The number of amides is 1. The molecule has 26 heavy (non-hydrogen) atoms. The highest BCUT2D eigenvalue weighted by Crippen LogP contribution is 2.33. The van der Waals surface area contributed by atoms with Gasteiger partial charge >= 0.3 is 0 Å². The van der Waals surface area contributed by atoms with Crippen LogP contribution in [-0.2, 0) is 6.54 Å². The first-order valence-corrected chi connectivity index (χ1v) is 9.34. The third-order valence-corrected chi connectivity index (χ3v) is 5.41. The fourth-order valence-corrected chi connectivity index (χ4v) is 3.95. The Morgan fingerprint density at radius 3 is 2.69 bits per heavy atom. The number of benzene rings is 2. The summed E-state index contributed by atoms with van der Waals surface area (Å²) in [4.78, 5) is 11.2. The van der Waals surface area contributed by atoms with Gasteiger partial charge in [-0.2, -0.15) is 0 Å². The quantitative estimate of drug-likeness (QED) is 0.657. The molecule has 4 rings (SSSR count). The second-order valence-corrected chi connectivity index (χ2v) is 7.36. The van der Waals surface area contributed by atoms with Crippen molar-refractivity contribution in [1.29, 1.82) is 0 Å². The molecule has 0 bridgehead atoms. The van der Waals surface area contributed by atoms with E-state index in [0.29, 0.717) is 22.1 Å². The maximum Gasteiger partial charge on any atom is 0.248 e. The molecular formula is C21H21ClN2O2. The number of rotatable bonds is 5. The molecule has 2 N–H and O–H groups in total. The van der Waals surface area contributed by atoms with Gasteiger partial charge in [-0.1, -0.05) is 24.4 Å². The third-order valence-electron chi connectivity index (χ3n) is 5.12. The standard InChI is InChI=1S/C21H21ClN2O2/c22-18-12-16(21(23)25)5-8-20(18)26-17-6-7-19-15(11-17)9-10-24(19)13-14-3-1-2-4-14/h5-12,14H,1-4,13H2,(H2,23,25). The van der Waals surface area contributed by atoms with Crippen molar-refractivity contribution in [3.05, 3.63) is 59.2 Å². The second-order valence-electron chi connectivity index (χ2n) is 6.95. The Bertz CT molecular complexity index is 958. The van der Waals surface area contributed by atoms with E-state index in [9.17, 15) is 4.79 Å². The number of halogens is 1. The fraction of sp³-hybridized carbons (Fsp3) is 0.286. The van der Waals surface area contributed by atoms with Gasteiger partial charge in [0.1, 0.15) is 11.5 Å². The van der Waals surface area contributed by atoms with E-state index in [0.717, 1.165) is 17.8 Å². The van der Waals surface area contributed by atoms with Crippen LogP contribution in [0.1, 0.15) is 36.0 Å². The summed E-state index contributed by atoms with van der Waals surface area (Å²) in [6, 6.07) is 13.0. The Labute approximate surface area is 157 Å². The van der Waals surface area contributed by atoms with Crippen LogP contribution in [0.15, 0.2) is 48.7 Å². The zero-order valence-corrected chi connectivity index (χ0v) is 15.2. The summed E-state index contributed by atoms with van der Waals surface area (Å²) in [5.41, 5.74) is 6.85. The van der Waals surface area contributed by atoms with Gasteiger partial charge in [-0.3, -0.25) is 4.79 Å². The summed E-state index contributed by atoms with van der Waals surface area (Å²) in [6.45, 7) is 1.09. The molecule has 134 valence electrons. The van der Waals surface area contributed by atoms with E-state index in [1.165, 1.54) is 37.3 Å². The van der Waals surface area contributed by atoms with Gasteiger partial charge in [-0.05, 0) is 61.2 Å². The maximum atomic E-state index is 11.2. The third kappa shape index (κ3) is 3.42. The topological polar surface area (TPSA) is 57.3 Å². The van der Waals surface area contributed by atoms with Crippen molar-refractivity contribution in [3.63, 3.8) is 0 Å². The highest BCUT2D eigenvalue weighted by atomic mass is 35.5. The van der Waals surface area contributed by atoms with Crippen LogP contribution in [0.4, 0.5) is 0 Å². The minimum Gasteiger partial charge on any atom is -0.456 e. The van der Waals surface area contributed by atoms with Crippen LogP contribution in [-0.4, -0.2) is 10.5 Å².